The number of hydrogen-bond acceptors (Lipinski definition) is 1. The van der Waals surface area contributed by atoms with Crippen molar-refractivity contribution in [3.05, 3.63) is 0 Å². The SMILES string of the molecule is CCC(=O)NC(C)C(CC)CC. The summed E-state index contributed by atoms with van der Waals surface area (Å²) in [5, 5.41) is 2.99. The van der Waals surface area contributed by atoms with Gasteiger partial charge >= 0.3 is 0 Å². The Bertz CT molecular complexity index is 130. The van der Waals surface area contributed by atoms with E-state index in [4.69, 9.17) is 0 Å². The maximum atomic E-state index is 11.0. The molecule has 0 aliphatic carbocycles. The van der Waals surface area contributed by atoms with Gasteiger partial charge in [0.15, 0.2) is 0 Å². The standard InChI is InChI=1S/C10H21NO/c1-5-9(6-2)8(4)11-10(12)7-3/h8-9H,5-7H2,1-4H3,(H,11,12). The molecule has 0 aromatic heterocycles. The van der Waals surface area contributed by atoms with Gasteiger partial charge in [-0.25, -0.2) is 0 Å². The minimum absolute atomic E-state index is 0.161. The van der Waals surface area contributed by atoms with E-state index in [1.165, 1.54) is 0 Å². The molecule has 0 spiro atoms. The second-order valence-corrected chi connectivity index (χ2v) is 3.29. The van der Waals surface area contributed by atoms with Gasteiger partial charge in [-0.1, -0.05) is 33.6 Å². The van der Waals surface area contributed by atoms with E-state index in [-0.39, 0.29) is 5.91 Å². The summed E-state index contributed by atoms with van der Waals surface area (Å²) in [6.45, 7) is 8.31. The summed E-state index contributed by atoms with van der Waals surface area (Å²) in [5.74, 6) is 0.787. The topological polar surface area (TPSA) is 29.1 Å². The first-order valence-electron chi connectivity index (χ1n) is 4.94. The summed E-state index contributed by atoms with van der Waals surface area (Å²) in [6.07, 6.45) is 2.87. The Hall–Kier alpha value is -0.530. The molecule has 0 aliphatic heterocycles. The molecular weight excluding hydrogens is 150 g/mol. The van der Waals surface area contributed by atoms with Crippen molar-refractivity contribution in [2.24, 2.45) is 5.92 Å². The van der Waals surface area contributed by atoms with E-state index in [9.17, 15) is 4.79 Å². The highest BCUT2D eigenvalue weighted by Gasteiger charge is 2.14. The van der Waals surface area contributed by atoms with Crippen LogP contribution in [0.4, 0.5) is 0 Å². The van der Waals surface area contributed by atoms with Gasteiger partial charge in [0, 0.05) is 12.5 Å². The van der Waals surface area contributed by atoms with Gasteiger partial charge in [0.2, 0.25) is 5.91 Å². The Balaban J connectivity index is 3.83. The van der Waals surface area contributed by atoms with Crippen molar-refractivity contribution in [1.29, 1.82) is 0 Å². The fourth-order valence-electron chi connectivity index (χ4n) is 1.47. The molecule has 2 nitrogen and oxygen atoms in total. The monoisotopic (exact) mass is 171 g/mol. The van der Waals surface area contributed by atoms with Crippen LogP contribution in [-0.2, 0) is 4.79 Å². The van der Waals surface area contributed by atoms with E-state index >= 15 is 0 Å². The summed E-state index contributed by atoms with van der Waals surface area (Å²) < 4.78 is 0. The molecule has 0 radical (unpaired) electrons. The van der Waals surface area contributed by atoms with Crippen molar-refractivity contribution in [2.75, 3.05) is 0 Å². The van der Waals surface area contributed by atoms with E-state index in [1.54, 1.807) is 0 Å². The molecule has 0 heterocycles. The zero-order chi connectivity index (χ0) is 9.56. The van der Waals surface area contributed by atoms with Crippen LogP contribution in [0.15, 0.2) is 0 Å². The van der Waals surface area contributed by atoms with Crippen LogP contribution in [0, 0.1) is 5.92 Å². The molecule has 0 bridgehead atoms. The molecule has 1 unspecified atom stereocenters. The fraction of sp³-hybridized carbons (Fsp3) is 0.900. The van der Waals surface area contributed by atoms with Crippen LogP contribution >= 0.6 is 0 Å². The third-order valence-electron chi connectivity index (χ3n) is 2.47. The average molecular weight is 171 g/mol. The summed E-state index contributed by atoms with van der Waals surface area (Å²) in [7, 11) is 0. The third-order valence-corrected chi connectivity index (χ3v) is 2.47. The molecule has 1 amide bonds. The van der Waals surface area contributed by atoms with E-state index in [1.807, 2.05) is 6.92 Å². The Morgan fingerprint density at radius 3 is 2.08 bits per heavy atom. The van der Waals surface area contributed by atoms with Gasteiger partial charge in [0.25, 0.3) is 0 Å². The van der Waals surface area contributed by atoms with Gasteiger partial charge in [-0.2, -0.15) is 0 Å². The van der Waals surface area contributed by atoms with Crippen LogP contribution < -0.4 is 5.32 Å². The van der Waals surface area contributed by atoms with Crippen molar-refractivity contribution >= 4 is 5.91 Å². The van der Waals surface area contributed by atoms with E-state index < -0.39 is 0 Å². The van der Waals surface area contributed by atoms with Gasteiger partial charge in [0.05, 0.1) is 0 Å². The Morgan fingerprint density at radius 2 is 1.75 bits per heavy atom. The minimum Gasteiger partial charge on any atom is -0.353 e. The van der Waals surface area contributed by atoms with Crippen molar-refractivity contribution in [3.8, 4) is 0 Å². The Morgan fingerprint density at radius 1 is 1.25 bits per heavy atom. The summed E-state index contributed by atoms with van der Waals surface area (Å²) in [5.41, 5.74) is 0. The van der Waals surface area contributed by atoms with Crippen molar-refractivity contribution in [3.63, 3.8) is 0 Å². The van der Waals surface area contributed by atoms with Gasteiger partial charge in [-0.15, -0.1) is 0 Å². The van der Waals surface area contributed by atoms with Crippen LogP contribution in [0.5, 0.6) is 0 Å². The highest BCUT2D eigenvalue weighted by Crippen LogP contribution is 2.12. The zero-order valence-electron chi connectivity index (χ0n) is 8.68. The number of rotatable bonds is 5. The maximum Gasteiger partial charge on any atom is 0.219 e. The molecule has 72 valence electrons. The van der Waals surface area contributed by atoms with Crippen molar-refractivity contribution in [1.82, 2.24) is 5.32 Å². The number of carbonyl (C=O) groups excluding carboxylic acids is 1. The molecule has 0 fully saturated rings. The van der Waals surface area contributed by atoms with E-state index in [0.29, 0.717) is 18.4 Å². The molecular formula is C10H21NO. The molecule has 0 aromatic carbocycles. The lowest BCUT2D eigenvalue weighted by Gasteiger charge is -2.22. The normalized spacial score (nSPS) is 13.1. The second kappa shape index (κ2) is 6.04. The largest absolute Gasteiger partial charge is 0.353 e. The van der Waals surface area contributed by atoms with Crippen LogP contribution in [0.2, 0.25) is 0 Å². The molecule has 0 saturated carbocycles. The van der Waals surface area contributed by atoms with Crippen LogP contribution in [0.25, 0.3) is 0 Å². The molecule has 1 atom stereocenters. The second-order valence-electron chi connectivity index (χ2n) is 3.29. The first kappa shape index (κ1) is 11.5. The third kappa shape index (κ3) is 3.74. The molecule has 0 aromatic rings. The predicted molar refractivity (Wildman–Crippen MR) is 52.0 cm³/mol. The molecule has 1 N–H and O–H groups in total. The zero-order valence-corrected chi connectivity index (χ0v) is 8.68. The first-order chi connectivity index (χ1) is 5.65. The van der Waals surface area contributed by atoms with Gasteiger partial charge < -0.3 is 5.32 Å². The average Bonchev–Trinajstić information content (AvgIpc) is 2.06. The van der Waals surface area contributed by atoms with E-state index in [0.717, 1.165) is 12.8 Å². The van der Waals surface area contributed by atoms with Crippen LogP contribution in [0.1, 0.15) is 47.0 Å². The molecule has 0 aliphatic rings. The summed E-state index contributed by atoms with van der Waals surface area (Å²) in [6, 6.07) is 0.326. The van der Waals surface area contributed by atoms with Gasteiger partial charge in [-0.3, -0.25) is 4.79 Å². The number of nitrogens with one attached hydrogen (secondary N) is 1. The molecule has 12 heavy (non-hydrogen) atoms. The highest BCUT2D eigenvalue weighted by atomic mass is 16.1. The van der Waals surface area contributed by atoms with Gasteiger partial charge in [-0.05, 0) is 12.8 Å². The fourth-order valence-corrected chi connectivity index (χ4v) is 1.47. The van der Waals surface area contributed by atoms with Crippen molar-refractivity contribution in [2.45, 2.75) is 53.0 Å². The minimum atomic E-state index is 0.161. The quantitative estimate of drug-likeness (QED) is 0.676. The first-order valence-corrected chi connectivity index (χ1v) is 4.94. The Kier molecular flexibility index (Phi) is 5.77. The number of amides is 1. The lowest BCUT2D eigenvalue weighted by atomic mass is 9.95. The highest BCUT2D eigenvalue weighted by molar-refractivity contribution is 5.75. The summed E-state index contributed by atoms with van der Waals surface area (Å²) >= 11 is 0. The number of carbonyl (C=O) groups is 1. The smallest absolute Gasteiger partial charge is 0.219 e. The molecule has 0 rings (SSSR count). The van der Waals surface area contributed by atoms with Gasteiger partial charge in [0.1, 0.15) is 0 Å². The van der Waals surface area contributed by atoms with E-state index in [2.05, 4.69) is 26.1 Å². The van der Waals surface area contributed by atoms with Crippen LogP contribution in [0.3, 0.4) is 0 Å². The maximum absolute atomic E-state index is 11.0. The van der Waals surface area contributed by atoms with Crippen molar-refractivity contribution < 1.29 is 4.79 Å². The Labute approximate surface area is 75.7 Å². The number of hydrogen-bond donors (Lipinski definition) is 1. The predicted octanol–water partition coefficient (Wildman–Crippen LogP) is 2.34. The lowest BCUT2D eigenvalue weighted by molar-refractivity contribution is -0.121. The molecule has 2 heteroatoms. The summed E-state index contributed by atoms with van der Waals surface area (Å²) in [4.78, 5) is 11.0. The molecule has 0 saturated heterocycles. The lowest BCUT2D eigenvalue weighted by Crippen LogP contribution is -2.37. The van der Waals surface area contributed by atoms with Crippen LogP contribution in [-0.4, -0.2) is 11.9 Å².